The number of hydrogen-bond donors (Lipinski definition) is 1. The van der Waals surface area contributed by atoms with Crippen molar-refractivity contribution < 1.29 is 13.2 Å². The number of nitrogens with zero attached hydrogens (tertiary/aromatic N) is 1. The summed E-state index contributed by atoms with van der Waals surface area (Å²) in [5, 5.41) is 10.3. The van der Waals surface area contributed by atoms with Crippen LogP contribution in [0.4, 0.5) is 5.69 Å². The molecule has 106 valence electrons. The van der Waals surface area contributed by atoms with E-state index in [-0.39, 0.29) is 5.75 Å². The Kier molecular flexibility index (Phi) is 4.40. The van der Waals surface area contributed by atoms with Crippen LogP contribution in [-0.2, 0) is 21.1 Å². The molecule has 0 aliphatic carbocycles. The summed E-state index contributed by atoms with van der Waals surface area (Å²) in [6.45, 7) is 0. The fourth-order valence-corrected chi connectivity index (χ4v) is 4.07. The number of carbonyl (C=O) groups is 1. The van der Waals surface area contributed by atoms with E-state index in [9.17, 15) is 13.2 Å². The van der Waals surface area contributed by atoms with Crippen molar-refractivity contribution in [1.82, 2.24) is 0 Å². The zero-order chi connectivity index (χ0) is 14.6. The van der Waals surface area contributed by atoms with Gasteiger partial charge in [-0.1, -0.05) is 18.6 Å². The van der Waals surface area contributed by atoms with Crippen LogP contribution in [0.25, 0.3) is 0 Å². The monoisotopic (exact) mass is 292 g/mol. The minimum Gasteiger partial charge on any atom is -0.325 e. The highest BCUT2D eigenvalue weighted by atomic mass is 32.2. The van der Waals surface area contributed by atoms with Crippen molar-refractivity contribution in [3.63, 3.8) is 0 Å². The lowest BCUT2D eigenvalue weighted by molar-refractivity contribution is -0.116. The molecule has 1 heterocycles. The van der Waals surface area contributed by atoms with Crippen LogP contribution in [0.1, 0.15) is 24.8 Å². The summed E-state index contributed by atoms with van der Waals surface area (Å²) in [5.74, 6) is -0.371. The van der Waals surface area contributed by atoms with Gasteiger partial charge in [0.25, 0.3) is 0 Å². The molecule has 5 nitrogen and oxygen atoms in total. The van der Waals surface area contributed by atoms with Crippen molar-refractivity contribution in [2.24, 2.45) is 0 Å². The van der Waals surface area contributed by atoms with Crippen LogP contribution in [0.2, 0.25) is 0 Å². The summed E-state index contributed by atoms with van der Waals surface area (Å²) in [6.07, 6.45) is 2.10. The number of hydrogen-bond acceptors (Lipinski definition) is 4. The van der Waals surface area contributed by atoms with E-state index in [0.29, 0.717) is 24.9 Å². The summed E-state index contributed by atoms with van der Waals surface area (Å²) in [5.41, 5.74) is 1.41. The third-order valence-electron chi connectivity index (χ3n) is 3.38. The number of amides is 1. The van der Waals surface area contributed by atoms with Gasteiger partial charge < -0.3 is 5.32 Å². The molecule has 1 amide bonds. The van der Waals surface area contributed by atoms with Crippen LogP contribution in [0, 0.1) is 11.3 Å². The molecule has 1 aliphatic rings. The fraction of sp³-hybridized carbons (Fsp3) is 0.429. The molecule has 0 bridgehead atoms. The molecule has 0 saturated carbocycles. The zero-order valence-electron chi connectivity index (χ0n) is 11.0. The number of nitrogens with one attached hydrogen (secondary N) is 1. The number of nitriles is 1. The lowest BCUT2D eigenvalue weighted by Gasteiger charge is -2.21. The summed E-state index contributed by atoms with van der Waals surface area (Å²) < 4.78 is 23.7. The molecule has 0 radical (unpaired) electrons. The first kappa shape index (κ1) is 14.5. The normalized spacial score (nSPS) is 20.9. The van der Waals surface area contributed by atoms with E-state index in [1.54, 1.807) is 24.3 Å². The molecule has 2 rings (SSSR count). The Morgan fingerprint density at radius 3 is 2.60 bits per heavy atom. The van der Waals surface area contributed by atoms with Gasteiger partial charge in [-0.3, -0.25) is 4.79 Å². The Bertz CT molecular complexity index is 629. The lowest BCUT2D eigenvalue weighted by Crippen LogP contribution is -2.39. The molecule has 0 spiro atoms. The highest BCUT2D eigenvalue weighted by Crippen LogP contribution is 2.21. The van der Waals surface area contributed by atoms with Crippen molar-refractivity contribution in [3.05, 3.63) is 29.8 Å². The summed E-state index contributed by atoms with van der Waals surface area (Å²) in [4.78, 5) is 12.1. The Balaban J connectivity index is 2.06. The molecule has 0 aromatic heterocycles. The standard InChI is InChI=1S/C14H16N2O3S/c15-9-8-11-4-6-12(7-5-11)16-14(17)13-3-1-2-10-20(13,18)19/h4-7,13H,1-3,8,10H2,(H,16,17). The topological polar surface area (TPSA) is 87.0 Å². The maximum absolute atomic E-state index is 12.1. The summed E-state index contributed by atoms with van der Waals surface area (Å²) in [7, 11) is -3.31. The van der Waals surface area contributed by atoms with Crippen LogP contribution in [0.15, 0.2) is 24.3 Å². The third kappa shape index (κ3) is 3.36. The number of anilines is 1. The Hall–Kier alpha value is -1.87. The van der Waals surface area contributed by atoms with E-state index >= 15 is 0 Å². The van der Waals surface area contributed by atoms with Gasteiger partial charge in [-0.2, -0.15) is 5.26 Å². The van der Waals surface area contributed by atoms with Crippen molar-refractivity contribution in [2.75, 3.05) is 11.1 Å². The van der Waals surface area contributed by atoms with Crippen molar-refractivity contribution >= 4 is 21.4 Å². The van der Waals surface area contributed by atoms with Gasteiger partial charge in [0.2, 0.25) is 5.91 Å². The fourth-order valence-electron chi connectivity index (χ4n) is 2.27. The second-order valence-corrected chi connectivity index (χ2v) is 7.18. The maximum Gasteiger partial charge on any atom is 0.242 e. The Morgan fingerprint density at radius 1 is 1.30 bits per heavy atom. The molecular weight excluding hydrogens is 276 g/mol. The average Bonchev–Trinajstić information content (AvgIpc) is 2.40. The average molecular weight is 292 g/mol. The molecule has 1 unspecified atom stereocenters. The van der Waals surface area contributed by atoms with E-state index in [4.69, 9.17) is 5.26 Å². The first-order valence-electron chi connectivity index (χ1n) is 6.51. The van der Waals surface area contributed by atoms with Gasteiger partial charge in [-0.05, 0) is 30.5 Å². The minimum absolute atomic E-state index is 0.0895. The van der Waals surface area contributed by atoms with Crippen molar-refractivity contribution in [1.29, 1.82) is 5.26 Å². The highest BCUT2D eigenvalue weighted by Gasteiger charge is 2.34. The van der Waals surface area contributed by atoms with E-state index in [1.807, 2.05) is 6.07 Å². The predicted molar refractivity (Wildman–Crippen MR) is 75.8 cm³/mol. The van der Waals surface area contributed by atoms with Gasteiger partial charge in [-0.25, -0.2) is 8.42 Å². The quantitative estimate of drug-likeness (QED) is 0.917. The number of rotatable bonds is 3. The second-order valence-electron chi connectivity index (χ2n) is 4.87. The molecule has 20 heavy (non-hydrogen) atoms. The number of sulfone groups is 1. The summed E-state index contributed by atoms with van der Waals surface area (Å²) >= 11 is 0. The van der Waals surface area contributed by atoms with E-state index in [2.05, 4.69) is 5.32 Å². The maximum atomic E-state index is 12.1. The molecule has 1 aromatic rings. The molecule has 6 heteroatoms. The first-order chi connectivity index (χ1) is 9.53. The number of benzene rings is 1. The van der Waals surface area contributed by atoms with Gasteiger partial charge in [0, 0.05) is 5.69 Å². The molecule has 1 N–H and O–H groups in total. The largest absolute Gasteiger partial charge is 0.325 e. The van der Waals surface area contributed by atoms with Crippen LogP contribution >= 0.6 is 0 Å². The van der Waals surface area contributed by atoms with E-state index in [0.717, 1.165) is 12.0 Å². The molecule has 1 aromatic carbocycles. The summed E-state index contributed by atoms with van der Waals surface area (Å²) in [6, 6.07) is 8.89. The third-order valence-corrected chi connectivity index (χ3v) is 5.55. The van der Waals surface area contributed by atoms with Crippen LogP contribution in [-0.4, -0.2) is 25.3 Å². The lowest BCUT2D eigenvalue weighted by atomic mass is 10.1. The van der Waals surface area contributed by atoms with E-state index in [1.165, 1.54) is 0 Å². The van der Waals surface area contributed by atoms with Gasteiger partial charge in [0.05, 0.1) is 18.2 Å². The van der Waals surface area contributed by atoms with Crippen LogP contribution in [0.3, 0.4) is 0 Å². The van der Waals surface area contributed by atoms with Crippen LogP contribution in [0.5, 0.6) is 0 Å². The van der Waals surface area contributed by atoms with Crippen molar-refractivity contribution in [3.8, 4) is 6.07 Å². The first-order valence-corrected chi connectivity index (χ1v) is 8.23. The van der Waals surface area contributed by atoms with Crippen LogP contribution < -0.4 is 5.32 Å². The Labute approximate surface area is 118 Å². The van der Waals surface area contributed by atoms with Gasteiger partial charge in [0.1, 0.15) is 5.25 Å². The number of carbonyl (C=O) groups excluding carboxylic acids is 1. The van der Waals surface area contributed by atoms with Crippen molar-refractivity contribution in [2.45, 2.75) is 30.9 Å². The molecular formula is C14H16N2O3S. The zero-order valence-corrected chi connectivity index (χ0v) is 11.8. The van der Waals surface area contributed by atoms with Gasteiger partial charge in [0.15, 0.2) is 9.84 Å². The smallest absolute Gasteiger partial charge is 0.242 e. The van der Waals surface area contributed by atoms with Gasteiger partial charge >= 0.3 is 0 Å². The van der Waals surface area contributed by atoms with Gasteiger partial charge in [-0.15, -0.1) is 0 Å². The van der Waals surface area contributed by atoms with E-state index < -0.39 is 21.0 Å². The second kappa shape index (κ2) is 6.06. The molecule has 1 atom stereocenters. The SMILES string of the molecule is N#CCc1ccc(NC(=O)C2CCCCS2(=O)=O)cc1. The highest BCUT2D eigenvalue weighted by molar-refractivity contribution is 7.92. The molecule has 1 fully saturated rings. The Morgan fingerprint density at radius 2 is 2.00 bits per heavy atom. The molecule has 1 saturated heterocycles. The minimum atomic E-state index is -3.31. The molecule has 1 aliphatic heterocycles. The predicted octanol–water partition coefficient (Wildman–Crippen LogP) is 1.66.